The molecule has 28 heavy (non-hydrogen) atoms. The lowest BCUT2D eigenvalue weighted by Gasteiger charge is -2.13. The second-order valence-electron chi connectivity index (χ2n) is 6.00. The Hall–Kier alpha value is -3.94. The van der Waals surface area contributed by atoms with Crippen LogP contribution in [0.5, 0.6) is 11.5 Å². The normalized spacial score (nSPS) is 12.0. The molecule has 142 valence electrons. The van der Waals surface area contributed by atoms with E-state index in [9.17, 15) is 20.0 Å². The van der Waals surface area contributed by atoms with Crippen molar-refractivity contribution in [1.82, 2.24) is 5.43 Å². The molecule has 0 saturated heterocycles. The zero-order valence-electron chi connectivity index (χ0n) is 14.9. The molecule has 3 aromatic rings. The average Bonchev–Trinajstić information content (AvgIpc) is 2.69. The minimum absolute atomic E-state index is 0.109. The number of carbonyl (C=O) groups is 1. The van der Waals surface area contributed by atoms with Crippen LogP contribution < -0.4 is 10.2 Å². The number of amides is 1. The van der Waals surface area contributed by atoms with E-state index in [4.69, 9.17) is 4.74 Å². The first-order valence-corrected chi connectivity index (χ1v) is 8.40. The molecule has 0 aliphatic carbocycles. The number of nitro groups is 1. The number of non-ortho nitro benzene ring substituents is 1. The van der Waals surface area contributed by atoms with E-state index in [0.717, 1.165) is 23.1 Å². The highest BCUT2D eigenvalue weighted by Crippen LogP contribution is 2.22. The maximum Gasteiger partial charge on any atom is 0.280 e. The molecular weight excluding hydrogens is 362 g/mol. The van der Waals surface area contributed by atoms with Crippen molar-refractivity contribution in [2.45, 2.75) is 13.0 Å². The Balaban J connectivity index is 1.63. The molecule has 0 heterocycles. The lowest BCUT2D eigenvalue weighted by atomic mass is 10.1. The van der Waals surface area contributed by atoms with Gasteiger partial charge in [-0.1, -0.05) is 30.3 Å². The second-order valence-corrected chi connectivity index (χ2v) is 6.00. The monoisotopic (exact) mass is 379 g/mol. The highest BCUT2D eigenvalue weighted by molar-refractivity contribution is 5.87. The highest BCUT2D eigenvalue weighted by Gasteiger charge is 2.14. The van der Waals surface area contributed by atoms with Crippen LogP contribution in [0.2, 0.25) is 0 Å². The Morgan fingerprint density at radius 1 is 1.18 bits per heavy atom. The van der Waals surface area contributed by atoms with E-state index in [1.807, 2.05) is 36.4 Å². The summed E-state index contributed by atoms with van der Waals surface area (Å²) in [6.07, 6.45) is 0.306. The number of hydrazone groups is 1. The van der Waals surface area contributed by atoms with Crippen LogP contribution in [0.3, 0.4) is 0 Å². The number of ether oxygens (including phenoxy) is 1. The van der Waals surface area contributed by atoms with Gasteiger partial charge < -0.3 is 9.84 Å². The molecule has 1 unspecified atom stereocenters. The summed E-state index contributed by atoms with van der Waals surface area (Å²) >= 11 is 0. The smallest absolute Gasteiger partial charge is 0.280 e. The van der Waals surface area contributed by atoms with Gasteiger partial charge in [0.05, 0.1) is 11.1 Å². The van der Waals surface area contributed by atoms with Crippen LogP contribution in [0.15, 0.2) is 65.8 Å². The van der Waals surface area contributed by atoms with Crippen LogP contribution >= 0.6 is 0 Å². The predicted molar refractivity (Wildman–Crippen MR) is 105 cm³/mol. The number of nitro benzene ring substituents is 1. The molecule has 0 radical (unpaired) electrons. The Bertz CT molecular complexity index is 1060. The number of phenolic OH excluding ortho intramolecular Hbond substituents is 1. The molecule has 3 aromatic carbocycles. The Morgan fingerprint density at radius 3 is 2.68 bits per heavy atom. The predicted octanol–water partition coefficient (Wildman–Crippen LogP) is 3.37. The van der Waals surface area contributed by atoms with Crippen molar-refractivity contribution in [3.8, 4) is 11.5 Å². The van der Waals surface area contributed by atoms with Crippen molar-refractivity contribution in [3.63, 3.8) is 0 Å². The molecule has 1 amide bonds. The molecule has 0 aliphatic heterocycles. The summed E-state index contributed by atoms with van der Waals surface area (Å²) in [5.41, 5.74) is 2.20. The van der Waals surface area contributed by atoms with Crippen molar-refractivity contribution in [2.24, 2.45) is 5.10 Å². The number of aromatic hydroxyl groups is 1. The molecule has 8 heteroatoms. The third-order valence-corrected chi connectivity index (χ3v) is 4.00. The third-order valence-electron chi connectivity index (χ3n) is 4.00. The third kappa shape index (κ3) is 4.42. The summed E-state index contributed by atoms with van der Waals surface area (Å²) in [6.45, 7) is 1.57. The number of phenols is 1. The SMILES string of the molecule is CC(Oc1ccc2ccccc2c1)C(=O)NN=Cc1cc([N+](=O)[O-])ccc1O. The zero-order chi connectivity index (χ0) is 20.1. The van der Waals surface area contributed by atoms with Gasteiger partial charge in [-0.2, -0.15) is 5.10 Å². The van der Waals surface area contributed by atoms with Crippen LogP contribution in [-0.2, 0) is 4.79 Å². The van der Waals surface area contributed by atoms with Crippen molar-refractivity contribution < 1.29 is 19.6 Å². The van der Waals surface area contributed by atoms with E-state index < -0.39 is 16.9 Å². The number of nitrogens with one attached hydrogen (secondary N) is 1. The number of carbonyl (C=O) groups excluding carboxylic acids is 1. The van der Waals surface area contributed by atoms with Crippen LogP contribution in [0.1, 0.15) is 12.5 Å². The van der Waals surface area contributed by atoms with Gasteiger partial charge in [-0.25, -0.2) is 5.43 Å². The summed E-state index contributed by atoms with van der Waals surface area (Å²) in [5, 5.41) is 26.3. The topological polar surface area (TPSA) is 114 Å². The van der Waals surface area contributed by atoms with Crippen LogP contribution in [0.4, 0.5) is 5.69 Å². The molecule has 0 fully saturated rings. The fourth-order valence-corrected chi connectivity index (χ4v) is 2.51. The second kappa shape index (κ2) is 8.17. The molecule has 3 rings (SSSR count). The summed E-state index contributed by atoms with van der Waals surface area (Å²) < 4.78 is 5.64. The van der Waals surface area contributed by atoms with E-state index in [1.54, 1.807) is 13.0 Å². The van der Waals surface area contributed by atoms with Crippen LogP contribution in [0.25, 0.3) is 10.8 Å². The van der Waals surface area contributed by atoms with Gasteiger partial charge in [-0.05, 0) is 35.9 Å². The van der Waals surface area contributed by atoms with Gasteiger partial charge in [0.25, 0.3) is 11.6 Å². The van der Waals surface area contributed by atoms with Gasteiger partial charge in [0.2, 0.25) is 0 Å². The Labute approximate surface area is 160 Å². The van der Waals surface area contributed by atoms with E-state index in [2.05, 4.69) is 10.5 Å². The maximum atomic E-state index is 12.1. The molecule has 1 atom stereocenters. The van der Waals surface area contributed by atoms with Crippen molar-refractivity contribution in [2.75, 3.05) is 0 Å². The first-order valence-electron chi connectivity index (χ1n) is 8.40. The van der Waals surface area contributed by atoms with E-state index in [0.29, 0.717) is 5.75 Å². The zero-order valence-corrected chi connectivity index (χ0v) is 14.9. The first-order chi connectivity index (χ1) is 13.4. The molecule has 0 aliphatic rings. The molecule has 0 spiro atoms. The molecular formula is C20H17N3O5. The average molecular weight is 379 g/mol. The molecule has 0 aromatic heterocycles. The number of hydrogen-bond acceptors (Lipinski definition) is 6. The van der Waals surface area contributed by atoms with Crippen molar-refractivity contribution in [3.05, 3.63) is 76.3 Å². The Kier molecular flexibility index (Phi) is 5.50. The largest absolute Gasteiger partial charge is 0.507 e. The number of fused-ring (bicyclic) bond motifs is 1. The highest BCUT2D eigenvalue weighted by atomic mass is 16.6. The van der Waals surface area contributed by atoms with Gasteiger partial charge in [-0.3, -0.25) is 14.9 Å². The number of hydrogen-bond donors (Lipinski definition) is 2. The summed E-state index contributed by atoms with van der Waals surface area (Å²) in [5.74, 6) is -0.153. The van der Waals surface area contributed by atoms with Crippen LogP contribution in [-0.4, -0.2) is 28.3 Å². The summed E-state index contributed by atoms with van der Waals surface area (Å²) in [4.78, 5) is 22.3. The number of benzene rings is 3. The Morgan fingerprint density at radius 2 is 1.93 bits per heavy atom. The minimum Gasteiger partial charge on any atom is -0.507 e. The minimum atomic E-state index is -0.822. The number of rotatable bonds is 6. The first kappa shape index (κ1) is 18.8. The fourth-order valence-electron chi connectivity index (χ4n) is 2.51. The maximum absolute atomic E-state index is 12.1. The molecule has 0 saturated carbocycles. The quantitative estimate of drug-likeness (QED) is 0.387. The lowest BCUT2D eigenvalue weighted by Crippen LogP contribution is -2.33. The van der Waals surface area contributed by atoms with Gasteiger partial charge >= 0.3 is 0 Å². The van der Waals surface area contributed by atoms with Gasteiger partial charge in [0.1, 0.15) is 11.5 Å². The van der Waals surface area contributed by atoms with E-state index >= 15 is 0 Å². The van der Waals surface area contributed by atoms with Gasteiger partial charge in [-0.15, -0.1) is 0 Å². The summed E-state index contributed by atoms with van der Waals surface area (Å²) in [7, 11) is 0. The summed E-state index contributed by atoms with van der Waals surface area (Å²) in [6, 6.07) is 16.8. The van der Waals surface area contributed by atoms with Crippen LogP contribution in [0, 0.1) is 10.1 Å². The van der Waals surface area contributed by atoms with E-state index in [1.165, 1.54) is 12.1 Å². The van der Waals surface area contributed by atoms with Crippen molar-refractivity contribution in [1.29, 1.82) is 0 Å². The van der Waals surface area contributed by atoms with Gasteiger partial charge in [0.15, 0.2) is 6.10 Å². The standard InChI is InChI=1S/C20H17N3O5/c1-13(28-18-8-6-14-4-2-3-5-15(14)11-18)20(25)22-21-12-16-10-17(23(26)27)7-9-19(16)24/h2-13,24H,1H3,(H,22,25). The van der Waals surface area contributed by atoms with Crippen molar-refractivity contribution >= 4 is 28.6 Å². The lowest BCUT2D eigenvalue weighted by molar-refractivity contribution is -0.384. The molecule has 8 nitrogen and oxygen atoms in total. The molecule has 0 bridgehead atoms. The fraction of sp³-hybridized carbons (Fsp3) is 0.100. The number of nitrogens with zero attached hydrogens (tertiary/aromatic N) is 2. The molecule has 2 N–H and O–H groups in total. The van der Waals surface area contributed by atoms with E-state index in [-0.39, 0.29) is 17.0 Å². The van der Waals surface area contributed by atoms with Gasteiger partial charge in [0, 0.05) is 17.7 Å².